The van der Waals surface area contributed by atoms with E-state index in [4.69, 9.17) is 16.3 Å². The average Bonchev–Trinajstić information content (AvgIpc) is 3.10. The number of aromatic nitrogens is 3. The molecule has 118 valence electrons. The lowest BCUT2D eigenvalue weighted by Crippen LogP contribution is -2.09. The molecule has 0 unspecified atom stereocenters. The fourth-order valence-corrected chi connectivity index (χ4v) is 2.92. The van der Waals surface area contributed by atoms with Gasteiger partial charge in [0.05, 0.1) is 13.4 Å². The highest BCUT2D eigenvalue weighted by Gasteiger charge is 2.20. The standard InChI is InChI=1S/C18H18ClN3O/c1-12-14(6-4-7-16(12)19)15(17-10-20-11-21-17)9-13-5-3-8-18(22-13)23-2/h3-8,10-11,15H,9H2,1-2H3,(H,20,21)/t15-/m0/s1. The van der Waals surface area contributed by atoms with Crippen LogP contribution in [0.15, 0.2) is 48.9 Å². The van der Waals surface area contributed by atoms with E-state index in [2.05, 4.69) is 21.0 Å². The normalized spacial score (nSPS) is 12.1. The number of imidazole rings is 1. The van der Waals surface area contributed by atoms with Gasteiger partial charge in [0.1, 0.15) is 0 Å². The van der Waals surface area contributed by atoms with E-state index >= 15 is 0 Å². The summed E-state index contributed by atoms with van der Waals surface area (Å²) in [5, 5.41) is 0.769. The van der Waals surface area contributed by atoms with Crippen molar-refractivity contribution in [2.24, 2.45) is 0 Å². The number of H-pyrrole nitrogens is 1. The minimum atomic E-state index is 0.107. The third-order valence-corrected chi connectivity index (χ3v) is 4.39. The number of pyridine rings is 1. The van der Waals surface area contributed by atoms with Gasteiger partial charge in [-0.2, -0.15) is 0 Å². The summed E-state index contributed by atoms with van der Waals surface area (Å²) in [5.41, 5.74) is 4.26. The van der Waals surface area contributed by atoms with Crippen LogP contribution in [0.4, 0.5) is 0 Å². The first kappa shape index (κ1) is 15.6. The number of hydrogen-bond donors (Lipinski definition) is 1. The molecule has 5 heteroatoms. The van der Waals surface area contributed by atoms with Gasteiger partial charge < -0.3 is 9.72 Å². The Balaban J connectivity index is 2.01. The molecule has 3 rings (SSSR count). The molecular weight excluding hydrogens is 310 g/mol. The van der Waals surface area contributed by atoms with E-state index in [0.29, 0.717) is 5.88 Å². The largest absolute Gasteiger partial charge is 0.481 e. The maximum absolute atomic E-state index is 6.31. The predicted molar refractivity (Wildman–Crippen MR) is 91.1 cm³/mol. The van der Waals surface area contributed by atoms with Crippen molar-refractivity contribution in [2.75, 3.05) is 7.11 Å². The highest BCUT2D eigenvalue weighted by atomic mass is 35.5. The lowest BCUT2D eigenvalue weighted by Gasteiger charge is -2.19. The topological polar surface area (TPSA) is 50.8 Å². The molecule has 0 saturated carbocycles. The molecule has 1 aromatic carbocycles. The van der Waals surface area contributed by atoms with Crippen molar-refractivity contribution < 1.29 is 4.74 Å². The molecule has 23 heavy (non-hydrogen) atoms. The Bertz CT molecular complexity index is 787. The highest BCUT2D eigenvalue weighted by molar-refractivity contribution is 6.31. The molecule has 0 saturated heterocycles. The van der Waals surface area contributed by atoms with Crippen molar-refractivity contribution in [2.45, 2.75) is 19.3 Å². The van der Waals surface area contributed by atoms with E-state index in [0.717, 1.165) is 28.4 Å². The van der Waals surface area contributed by atoms with Crippen LogP contribution >= 0.6 is 11.6 Å². The van der Waals surface area contributed by atoms with E-state index in [1.165, 1.54) is 5.56 Å². The minimum absolute atomic E-state index is 0.107. The molecule has 0 fully saturated rings. The summed E-state index contributed by atoms with van der Waals surface area (Å²) in [6.45, 7) is 2.04. The van der Waals surface area contributed by atoms with Gasteiger partial charge in [0, 0.05) is 41.0 Å². The molecule has 2 heterocycles. The quantitative estimate of drug-likeness (QED) is 0.766. The molecule has 0 aliphatic carbocycles. The number of methoxy groups -OCH3 is 1. The Morgan fingerprint density at radius 2 is 2.04 bits per heavy atom. The van der Waals surface area contributed by atoms with E-state index in [1.807, 2.05) is 43.5 Å². The van der Waals surface area contributed by atoms with Crippen LogP contribution in [0.1, 0.15) is 28.4 Å². The van der Waals surface area contributed by atoms with Crippen LogP contribution in [0.3, 0.4) is 0 Å². The van der Waals surface area contributed by atoms with Gasteiger partial charge in [0.25, 0.3) is 0 Å². The van der Waals surface area contributed by atoms with Gasteiger partial charge in [-0.25, -0.2) is 9.97 Å². The first-order valence-electron chi connectivity index (χ1n) is 7.42. The van der Waals surface area contributed by atoms with Gasteiger partial charge in [0.15, 0.2) is 0 Å². The first-order chi connectivity index (χ1) is 11.2. The molecule has 0 radical (unpaired) electrons. The Hall–Kier alpha value is -2.33. The molecule has 0 aliphatic rings. The number of rotatable bonds is 5. The average molecular weight is 328 g/mol. The number of ether oxygens (including phenoxy) is 1. The summed E-state index contributed by atoms with van der Waals surface area (Å²) < 4.78 is 5.22. The molecule has 0 aliphatic heterocycles. The lowest BCUT2D eigenvalue weighted by molar-refractivity contribution is 0.396. The smallest absolute Gasteiger partial charge is 0.213 e. The zero-order valence-corrected chi connectivity index (χ0v) is 13.8. The first-order valence-corrected chi connectivity index (χ1v) is 7.80. The number of nitrogens with one attached hydrogen (secondary N) is 1. The van der Waals surface area contributed by atoms with Gasteiger partial charge >= 0.3 is 0 Å². The van der Waals surface area contributed by atoms with Gasteiger partial charge in [-0.05, 0) is 30.2 Å². The Morgan fingerprint density at radius 3 is 2.78 bits per heavy atom. The molecule has 0 spiro atoms. The Morgan fingerprint density at radius 1 is 1.22 bits per heavy atom. The minimum Gasteiger partial charge on any atom is -0.481 e. The van der Waals surface area contributed by atoms with Crippen molar-refractivity contribution in [1.82, 2.24) is 15.0 Å². The molecule has 0 amide bonds. The van der Waals surface area contributed by atoms with Crippen LogP contribution in [0, 0.1) is 6.92 Å². The van der Waals surface area contributed by atoms with Crippen LogP contribution in [0.25, 0.3) is 0 Å². The molecule has 0 bridgehead atoms. The van der Waals surface area contributed by atoms with Crippen LogP contribution in [-0.4, -0.2) is 22.1 Å². The van der Waals surface area contributed by atoms with E-state index in [1.54, 1.807) is 13.4 Å². The maximum Gasteiger partial charge on any atom is 0.213 e. The summed E-state index contributed by atoms with van der Waals surface area (Å²) in [7, 11) is 1.62. The maximum atomic E-state index is 6.31. The van der Waals surface area contributed by atoms with Crippen LogP contribution in [0.2, 0.25) is 5.02 Å². The van der Waals surface area contributed by atoms with Crippen LogP contribution in [0.5, 0.6) is 5.88 Å². The molecule has 1 atom stereocenters. The lowest BCUT2D eigenvalue weighted by atomic mass is 9.88. The number of halogens is 1. The second-order valence-corrected chi connectivity index (χ2v) is 5.80. The summed E-state index contributed by atoms with van der Waals surface area (Å²) >= 11 is 6.31. The third kappa shape index (κ3) is 3.37. The molecule has 3 aromatic rings. The summed E-state index contributed by atoms with van der Waals surface area (Å²) in [5.74, 6) is 0.726. The van der Waals surface area contributed by atoms with Crippen molar-refractivity contribution in [3.05, 3.63) is 76.5 Å². The number of nitrogens with zero attached hydrogens (tertiary/aromatic N) is 2. The third-order valence-electron chi connectivity index (χ3n) is 3.98. The van der Waals surface area contributed by atoms with Gasteiger partial charge in [-0.3, -0.25) is 0 Å². The van der Waals surface area contributed by atoms with Gasteiger partial charge in [-0.1, -0.05) is 29.8 Å². The number of hydrogen-bond acceptors (Lipinski definition) is 3. The number of benzene rings is 1. The van der Waals surface area contributed by atoms with Gasteiger partial charge in [-0.15, -0.1) is 0 Å². The van der Waals surface area contributed by atoms with Gasteiger partial charge in [0.2, 0.25) is 5.88 Å². The fourth-order valence-electron chi connectivity index (χ4n) is 2.74. The predicted octanol–water partition coefficient (Wildman–Crippen LogP) is 4.15. The van der Waals surface area contributed by atoms with Crippen molar-refractivity contribution in [1.29, 1.82) is 0 Å². The fraction of sp³-hybridized carbons (Fsp3) is 0.222. The van der Waals surface area contributed by atoms with Crippen molar-refractivity contribution in [3.63, 3.8) is 0 Å². The monoisotopic (exact) mass is 327 g/mol. The van der Waals surface area contributed by atoms with E-state index in [9.17, 15) is 0 Å². The summed E-state index contributed by atoms with van der Waals surface area (Å²) in [6, 6.07) is 11.8. The summed E-state index contributed by atoms with van der Waals surface area (Å²) in [4.78, 5) is 11.9. The molecule has 4 nitrogen and oxygen atoms in total. The van der Waals surface area contributed by atoms with Crippen LogP contribution in [-0.2, 0) is 6.42 Å². The SMILES string of the molecule is COc1cccc(C[C@H](c2cnc[nH]2)c2cccc(Cl)c2C)n1. The summed E-state index contributed by atoms with van der Waals surface area (Å²) in [6.07, 6.45) is 4.28. The second-order valence-electron chi connectivity index (χ2n) is 5.39. The number of aromatic amines is 1. The second kappa shape index (κ2) is 6.84. The van der Waals surface area contributed by atoms with Crippen molar-refractivity contribution >= 4 is 11.6 Å². The van der Waals surface area contributed by atoms with Crippen molar-refractivity contribution in [3.8, 4) is 5.88 Å². The molecule has 2 aromatic heterocycles. The van der Waals surface area contributed by atoms with E-state index < -0.39 is 0 Å². The molecular formula is C18H18ClN3O. The van der Waals surface area contributed by atoms with E-state index in [-0.39, 0.29) is 5.92 Å². The molecule has 1 N–H and O–H groups in total. The zero-order chi connectivity index (χ0) is 16.2. The van der Waals surface area contributed by atoms with Crippen LogP contribution < -0.4 is 4.74 Å². The highest BCUT2D eigenvalue weighted by Crippen LogP contribution is 2.32. The Kier molecular flexibility index (Phi) is 4.63. The zero-order valence-electron chi connectivity index (χ0n) is 13.1. The Labute approximate surface area is 140 Å².